The summed E-state index contributed by atoms with van der Waals surface area (Å²) in [4.78, 5) is 2.71. The highest BCUT2D eigenvalue weighted by Crippen LogP contribution is 2.48. The van der Waals surface area contributed by atoms with Gasteiger partial charge in [-0.25, -0.2) is 0 Å². The van der Waals surface area contributed by atoms with Crippen LogP contribution in [0.2, 0.25) is 0 Å². The van der Waals surface area contributed by atoms with Crippen LogP contribution in [0.4, 0.5) is 0 Å². The molecule has 0 amide bonds. The Morgan fingerprint density at radius 2 is 1.88 bits per heavy atom. The molecule has 0 unspecified atom stereocenters. The largest absolute Gasteiger partial charge is 0.454 e. The lowest BCUT2D eigenvalue weighted by Crippen LogP contribution is -2.36. The summed E-state index contributed by atoms with van der Waals surface area (Å²) < 4.78 is 11.3. The van der Waals surface area contributed by atoms with Crippen LogP contribution in [0.3, 0.4) is 0 Å². The first-order valence-electron chi connectivity index (χ1n) is 9.09. The van der Waals surface area contributed by atoms with Gasteiger partial charge in [-0.2, -0.15) is 0 Å². The molecule has 132 valence electrons. The molecule has 4 heteroatoms. The predicted molar refractivity (Wildman–Crippen MR) is 101 cm³/mol. The average Bonchev–Trinajstić information content (AvgIpc) is 3.27. The van der Waals surface area contributed by atoms with E-state index in [1.807, 2.05) is 0 Å². The molecule has 3 aliphatic rings. The second-order valence-corrected chi connectivity index (χ2v) is 7.14. The first kappa shape index (κ1) is 16.7. The van der Waals surface area contributed by atoms with E-state index in [4.69, 9.17) is 9.47 Å². The maximum atomic E-state index is 5.74. The fourth-order valence-electron chi connectivity index (χ4n) is 4.80. The zero-order valence-electron chi connectivity index (χ0n) is 14.3. The lowest BCUT2D eigenvalue weighted by molar-refractivity contribution is 0.172. The van der Waals surface area contributed by atoms with Crippen molar-refractivity contribution < 1.29 is 9.47 Å². The number of hydrogen-bond acceptors (Lipinski definition) is 3. The Bertz CT molecular complexity index is 749. The summed E-state index contributed by atoms with van der Waals surface area (Å²) in [6, 6.07) is 16.0. The normalized spacial score (nSPS) is 23.7. The molecular weight excluding hydrogens is 334 g/mol. The highest BCUT2D eigenvalue weighted by molar-refractivity contribution is 5.85. The molecule has 2 heterocycles. The minimum Gasteiger partial charge on any atom is -0.454 e. The first-order valence-corrected chi connectivity index (χ1v) is 9.09. The van der Waals surface area contributed by atoms with Gasteiger partial charge in [0.15, 0.2) is 11.5 Å². The highest BCUT2D eigenvalue weighted by atomic mass is 35.5. The Balaban J connectivity index is 0.00000157. The summed E-state index contributed by atoms with van der Waals surface area (Å²) in [5.74, 6) is 2.62. The van der Waals surface area contributed by atoms with Crippen LogP contribution in [0.5, 0.6) is 11.5 Å². The standard InChI is InChI=1S/C21H23NO2.ClH/c1-2-4-15(5-3-1)10-12-22-13-11-17-16-7-9-20-21(24-14-23-20)18(16)6-8-19(17)22;/h1-5,7,9,17,19H,6,8,10-14H2;1H/t17-,19+;/m1./s1. The summed E-state index contributed by atoms with van der Waals surface area (Å²) in [7, 11) is 0. The SMILES string of the molecule is Cl.c1ccc(CCN2CC[C@@H]3c4ccc5c(c4CC[C@@H]32)OCO5)cc1. The van der Waals surface area contributed by atoms with Crippen molar-refractivity contribution in [3.05, 3.63) is 59.2 Å². The molecule has 2 aromatic rings. The van der Waals surface area contributed by atoms with Crippen molar-refractivity contribution in [3.8, 4) is 11.5 Å². The number of rotatable bonds is 3. The van der Waals surface area contributed by atoms with Crippen molar-refractivity contribution in [1.82, 2.24) is 4.90 Å². The van der Waals surface area contributed by atoms with E-state index in [1.165, 1.54) is 42.6 Å². The van der Waals surface area contributed by atoms with Gasteiger partial charge in [0.1, 0.15) is 0 Å². The van der Waals surface area contributed by atoms with Gasteiger partial charge < -0.3 is 9.47 Å². The van der Waals surface area contributed by atoms with Gasteiger partial charge in [-0.1, -0.05) is 36.4 Å². The monoisotopic (exact) mass is 357 g/mol. The Morgan fingerprint density at radius 3 is 2.76 bits per heavy atom. The lowest BCUT2D eigenvalue weighted by Gasteiger charge is -2.33. The van der Waals surface area contributed by atoms with E-state index in [2.05, 4.69) is 47.4 Å². The molecule has 0 spiro atoms. The smallest absolute Gasteiger partial charge is 0.231 e. The number of benzene rings is 2. The molecule has 2 aromatic carbocycles. The van der Waals surface area contributed by atoms with Crippen molar-refractivity contribution in [3.63, 3.8) is 0 Å². The quantitative estimate of drug-likeness (QED) is 0.822. The van der Waals surface area contributed by atoms with E-state index in [0.717, 1.165) is 24.3 Å². The van der Waals surface area contributed by atoms with Gasteiger partial charge in [0.2, 0.25) is 6.79 Å². The van der Waals surface area contributed by atoms with Crippen LogP contribution in [-0.2, 0) is 12.8 Å². The number of fused-ring (bicyclic) bond motifs is 5. The molecule has 1 aliphatic carbocycles. The van der Waals surface area contributed by atoms with Gasteiger partial charge in [0.25, 0.3) is 0 Å². The number of nitrogens with zero attached hydrogens (tertiary/aromatic N) is 1. The van der Waals surface area contributed by atoms with Crippen molar-refractivity contribution in [2.45, 2.75) is 37.6 Å². The fraction of sp³-hybridized carbons (Fsp3) is 0.429. The third-order valence-electron chi connectivity index (χ3n) is 5.96. The van der Waals surface area contributed by atoms with Gasteiger partial charge in [-0.3, -0.25) is 4.90 Å². The summed E-state index contributed by atoms with van der Waals surface area (Å²) in [5.41, 5.74) is 4.37. The maximum absolute atomic E-state index is 5.74. The third kappa shape index (κ3) is 2.90. The summed E-state index contributed by atoms with van der Waals surface area (Å²) in [6.07, 6.45) is 4.78. The Hall–Kier alpha value is -1.71. The molecule has 25 heavy (non-hydrogen) atoms. The van der Waals surface area contributed by atoms with E-state index in [0.29, 0.717) is 18.8 Å². The minimum atomic E-state index is 0. The van der Waals surface area contributed by atoms with E-state index in [-0.39, 0.29) is 12.4 Å². The molecule has 0 aromatic heterocycles. The van der Waals surface area contributed by atoms with E-state index < -0.39 is 0 Å². The minimum absolute atomic E-state index is 0. The van der Waals surface area contributed by atoms with Crippen LogP contribution in [-0.4, -0.2) is 30.8 Å². The van der Waals surface area contributed by atoms with Gasteiger partial charge >= 0.3 is 0 Å². The molecule has 2 atom stereocenters. The van der Waals surface area contributed by atoms with Crippen molar-refractivity contribution in [2.24, 2.45) is 0 Å². The third-order valence-corrected chi connectivity index (χ3v) is 5.96. The predicted octanol–water partition coefficient (Wildman–Crippen LogP) is 4.18. The van der Waals surface area contributed by atoms with Crippen molar-refractivity contribution in [2.75, 3.05) is 19.9 Å². The number of hydrogen-bond donors (Lipinski definition) is 0. The number of likely N-dealkylation sites (tertiary alicyclic amines) is 1. The molecule has 0 bridgehead atoms. The molecule has 2 aliphatic heterocycles. The summed E-state index contributed by atoms with van der Waals surface area (Å²) in [5, 5.41) is 0. The van der Waals surface area contributed by atoms with Gasteiger partial charge in [0, 0.05) is 24.1 Å². The molecule has 0 N–H and O–H groups in total. The molecule has 1 saturated heterocycles. The van der Waals surface area contributed by atoms with Crippen LogP contribution < -0.4 is 9.47 Å². The van der Waals surface area contributed by atoms with E-state index >= 15 is 0 Å². The molecular formula is C21H24ClNO2. The lowest BCUT2D eigenvalue weighted by atomic mass is 9.79. The van der Waals surface area contributed by atoms with Gasteiger partial charge in [-0.15, -0.1) is 12.4 Å². The van der Waals surface area contributed by atoms with Crippen molar-refractivity contribution >= 4 is 12.4 Å². The maximum Gasteiger partial charge on any atom is 0.231 e. The Kier molecular flexibility index (Phi) is 4.61. The summed E-state index contributed by atoms with van der Waals surface area (Å²) in [6.45, 7) is 2.77. The Morgan fingerprint density at radius 1 is 1.00 bits per heavy atom. The highest BCUT2D eigenvalue weighted by Gasteiger charge is 2.40. The first-order chi connectivity index (χ1) is 11.9. The van der Waals surface area contributed by atoms with Crippen molar-refractivity contribution in [1.29, 1.82) is 0 Å². The summed E-state index contributed by atoms with van der Waals surface area (Å²) >= 11 is 0. The van der Waals surface area contributed by atoms with Crippen LogP contribution in [0.25, 0.3) is 0 Å². The number of halogens is 1. The second-order valence-electron chi connectivity index (χ2n) is 7.14. The van der Waals surface area contributed by atoms with Gasteiger partial charge in [-0.05, 0) is 49.4 Å². The van der Waals surface area contributed by atoms with Crippen LogP contribution >= 0.6 is 12.4 Å². The van der Waals surface area contributed by atoms with E-state index in [9.17, 15) is 0 Å². The topological polar surface area (TPSA) is 21.7 Å². The molecule has 3 nitrogen and oxygen atoms in total. The number of ether oxygens (including phenoxy) is 2. The van der Waals surface area contributed by atoms with Crippen LogP contribution in [0.15, 0.2) is 42.5 Å². The van der Waals surface area contributed by atoms with Crippen LogP contribution in [0.1, 0.15) is 35.4 Å². The molecule has 0 saturated carbocycles. The Labute approximate surface area is 155 Å². The van der Waals surface area contributed by atoms with E-state index in [1.54, 1.807) is 0 Å². The fourth-order valence-corrected chi connectivity index (χ4v) is 4.80. The second kappa shape index (κ2) is 6.89. The molecule has 1 fully saturated rings. The molecule has 5 rings (SSSR count). The zero-order chi connectivity index (χ0) is 15.9. The zero-order valence-corrected chi connectivity index (χ0v) is 15.1. The average molecular weight is 358 g/mol. The van der Waals surface area contributed by atoms with Crippen LogP contribution in [0, 0.1) is 0 Å². The van der Waals surface area contributed by atoms with Gasteiger partial charge in [0.05, 0.1) is 0 Å². The molecule has 0 radical (unpaired) electrons.